The van der Waals surface area contributed by atoms with Crippen LogP contribution >= 0.6 is 0 Å². The number of halogens is 1. The van der Waals surface area contributed by atoms with Crippen LogP contribution in [-0.2, 0) is 11.2 Å². The van der Waals surface area contributed by atoms with E-state index in [1.807, 2.05) is 36.4 Å². The number of amides is 1. The molecule has 0 radical (unpaired) electrons. The molecule has 7 heteroatoms. The number of allylic oxidation sites excluding steroid dienone is 1. The van der Waals surface area contributed by atoms with Gasteiger partial charge in [-0.1, -0.05) is 43.2 Å². The van der Waals surface area contributed by atoms with Gasteiger partial charge in [-0.3, -0.25) is 4.79 Å². The zero-order valence-corrected chi connectivity index (χ0v) is 18.9. The molecule has 6 nitrogen and oxygen atoms in total. The lowest BCUT2D eigenvalue weighted by Crippen LogP contribution is -2.27. The molecule has 2 fully saturated rings. The molecule has 3 N–H and O–H groups in total. The average molecular weight is 465 g/mol. The van der Waals surface area contributed by atoms with Crippen molar-refractivity contribution in [2.75, 3.05) is 5.32 Å². The molecule has 2 saturated carbocycles. The third kappa shape index (κ3) is 7.45. The number of nitrogens with one attached hydrogen (secondary N) is 1. The Morgan fingerprint density at radius 2 is 1.74 bits per heavy atom. The maximum Gasteiger partial charge on any atom is 0.503 e. The van der Waals surface area contributed by atoms with Crippen LogP contribution in [-0.4, -0.2) is 22.3 Å². The molecule has 2 aromatic rings. The van der Waals surface area contributed by atoms with Crippen molar-refractivity contribution in [3.8, 4) is 6.07 Å². The van der Waals surface area contributed by atoms with Crippen molar-refractivity contribution in [1.82, 2.24) is 0 Å². The highest BCUT2D eigenvalue weighted by Crippen LogP contribution is 2.39. The van der Waals surface area contributed by atoms with E-state index >= 15 is 0 Å². The Balaban J connectivity index is 0.000000751. The van der Waals surface area contributed by atoms with Crippen LogP contribution in [0.3, 0.4) is 0 Å². The first kappa shape index (κ1) is 25.0. The van der Waals surface area contributed by atoms with Gasteiger partial charge in [-0.15, -0.1) is 0 Å². The second-order valence-corrected chi connectivity index (χ2v) is 8.88. The first-order chi connectivity index (χ1) is 16.4. The molecular formula is C27H29FN2O4. The Kier molecular flexibility index (Phi) is 8.80. The van der Waals surface area contributed by atoms with Crippen LogP contribution in [0.2, 0.25) is 0 Å². The molecule has 1 atom stereocenters. The van der Waals surface area contributed by atoms with E-state index in [0.29, 0.717) is 5.92 Å². The minimum Gasteiger partial charge on any atom is -0.450 e. The zero-order valence-electron chi connectivity index (χ0n) is 18.9. The molecule has 0 aromatic heterocycles. The van der Waals surface area contributed by atoms with Crippen molar-refractivity contribution in [3.05, 3.63) is 71.0 Å². The van der Waals surface area contributed by atoms with Gasteiger partial charge in [0.05, 0.1) is 17.7 Å². The summed E-state index contributed by atoms with van der Waals surface area (Å²) < 4.78 is 14.4. The van der Waals surface area contributed by atoms with Crippen LogP contribution in [0.25, 0.3) is 6.08 Å². The van der Waals surface area contributed by atoms with Gasteiger partial charge in [0, 0.05) is 6.08 Å². The third-order valence-electron chi connectivity index (χ3n) is 6.31. The molecule has 0 aliphatic heterocycles. The van der Waals surface area contributed by atoms with Gasteiger partial charge in [0.25, 0.3) is 0 Å². The number of hydrogen-bond donors (Lipinski definition) is 3. The highest BCUT2D eigenvalue weighted by atomic mass is 19.1. The minimum absolute atomic E-state index is 0.135. The van der Waals surface area contributed by atoms with Crippen LogP contribution in [0.1, 0.15) is 61.1 Å². The molecule has 0 spiro atoms. The van der Waals surface area contributed by atoms with Crippen molar-refractivity contribution in [2.45, 2.75) is 50.9 Å². The number of benzene rings is 2. The summed E-state index contributed by atoms with van der Waals surface area (Å²) in [5, 5.41) is 25.5. The van der Waals surface area contributed by atoms with Crippen molar-refractivity contribution >= 4 is 23.8 Å². The predicted molar refractivity (Wildman–Crippen MR) is 128 cm³/mol. The molecule has 2 aromatic carbocycles. The lowest BCUT2D eigenvalue weighted by atomic mass is 9.83. The van der Waals surface area contributed by atoms with Crippen molar-refractivity contribution in [1.29, 1.82) is 5.26 Å². The number of carboxylic acid groups (broad SMARTS) is 2. The van der Waals surface area contributed by atoms with Crippen LogP contribution in [0.5, 0.6) is 0 Å². The number of nitrogens with zero attached hydrogens (tertiary/aromatic N) is 1. The number of anilines is 1. The molecule has 34 heavy (non-hydrogen) atoms. The van der Waals surface area contributed by atoms with E-state index in [9.17, 15) is 9.18 Å². The van der Waals surface area contributed by atoms with Gasteiger partial charge in [0.2, 0.25) is 5.91 Å². The number of carbonyl (C=O) groups excluding carboxylic acids is 1. The topological polar surface area (TPSA) is 110 Å². The summed E-state index contributed by atoms with van der Waals surface area (Å²) in [5.74, 6) is 0.157. The molecule has 2 aliphatic rings. The maximum absolute atomic E-state index is 14.4. The second-order valence-electron chi connectivity index (χ2n) is 8.88. The number of rotatable bonds is 7. The Morgan fingerprint density at radius 3 is 2.32 bits per heavy atom. The molecule has 1 amide bonds. The average Bonchev–Trinajstić information content (AvgIpc) is 3.45. The molecule has 178 valence electrons. The van der Waals surface area contributed by atoms with E-state index in [2.05, 4.69) is 5.32 Å². The normalized spacial score (nSPS) is 16.4. The number of nitriles is 1. The summed E-state index contributed by atoms with van der Waals surface area (Å²) in [7, 11) is 0. The maximum atomic E-state index is 14.4. The Hall–Kier alpha value is -3.66. The van der Waals surface area contributed by atoms with E-state index in [4.69, 9.17) is 20.3 Å². The largest absolute Gasteiger partial charge is 0.503 e. The van der Waals surface area contributed by atoms with E-state index in [-0.39, 0.29) is 29.2 Å². The van der Waals surface area contributed by atoms with E-state index in [1.165, 1.54) is 25.0 Å². The summed E-state index contributed by atoms with van der Waals surface area (Å²) in [4.78, 5) is 21.9. The standard InChI is InChI=1S/C26H27FN2O.CH2O3/c27-23-14-11-20(16-19-7-8-19)17-24(23)29-26(30)25(21-5-1-2-6-21)22-12-9-18(10-13-22)4-3-15-28;2-1(3)4/h3-4,9-14,17,19,21,25H,1-2,5-8,16H2,(H,29,30);(H2,2,3,4)/b4-3+;/t25-;/m0./s1. The highest BCUT2D eigenvalue weighted by Gasteiger charge is 2.32. The third-order valence-corrected chi connectivity index (χ3v) is 6.31. The Bertz CT molecular complexity index is 1060. The zero-order chi connectivity index (χ0) is 24.5. The van der Waals surface area contributed by atoms with Crippen LogP contribution in [0.4, 0.5) is 14.9 Å². The van der Waals surface area contributed by atoms with Crippen LogP contribution in [0, 0.1) is 29.0 Å². The van der Waals surface area contributed by atoms with Gasteiger partial charge in [-0.2, -0.15) is 5.26 Å². The lowest BCUT2D eigenvalue weighted by Gasteiger charge is -2.23. The first-order valence-corrected chi connectivity index (χ1v) is 11.5. The fraction of sp³-hybridized carbons (Fsp3) is 0.370. The number of carbonyl (C=O) groups is 2. The molecule has 0 saturated heterocycles. The predicted octanol–water partition coefficient (Wildman–Crippen LogP) is 6.45. The summed E-state index contributed by atoms with van der Waals surface area (Å²) in [6.45, 7) is 0. The van der Waals surface area contributed by atoms with Gasteiger partial charge in [0.1, 0.15) is 5.82 Å². The Labute approximate surface area is 198 Å². The van der Waals surface area contributed by atoms with E-state index in [0.717, 1.165) is 48.8 Å². The van der Waals surface area contributed by atoms with Crippen LogP contribution < -0.4 is 5.32 Å². The molecular weight excluding hydrogens is 435 g/mol. The SMILES string of the molecule is N#C/C=C/c1ccc([C@@H](C(=O)Nc2cc(CC3CC3)ccc2F)C2CCCC2)cc1.O=C(O)O. The van der Waals surface area contributed by atoms with Crippen molar-refractivity contribution in [3.63, 3.8) is 0 Å². The minimum atomic E-state index is -1.83. The highest BCUT2D eigenvalue weighted by molar-refractivity contribution is 5.96. The molecule has 0 unspecified atom stereocenters. The fourth-order valence-electron chi connectivity index (χ4n) is 4.54. The summed E-state index contributed by atoms with van der Waals surface area (Å²) in [6, 6.07) is 14.8. The van der Waals surface area contributed by atoms with Gasteiger partial charge in [0.15, 0.2) is 0 Å². The van der Waals surface area contributed by atoms with Crippen LogP contribution in [0.15, 0.2) is 48.5 Å². The van der Waals surface area contributed by atoms with Gasteiger partial charge in [-0.05, 0) is 78.8 Å². The lowest BCUT2D eigenvalue weighted by molar-refractivity contribution is -0.118. The monoisotopic (exact) mass is 464 g/mol. The van der Waals surface area contributed by atoms with Gasteiger partial charge in [-0.25, -0.2) is 9.18 Å². The van der Waals surface area contributed by atoms with E-state index < -0.39 is 6.16 Å². The molecule has 2 aliphatic carbocycles. The number of hydrogen-bond acceptors (Lipinski definition) is 3. The molecule has 0 bridgehead atoms. The fourth-order valence-corrected chi connectivity index (χ4v) is 4.54. The smallest absolute Gasteiger partial charge is 0.450 e. The van der Waals surface area contributed by atoms with Gasteiger partial charge >= 0.3 is 6.16 Å². The molecule has 0 heterocycles. The second kappa shape index (κ2) is 12.0. The summed E-state index contributed by atoms with van der Waals surface area (Å²) in [5.41, 5.74) is 3.24. The molecule has 4 rings (SSSR count). The quantitative estimate of drug-likeness (QED) is 0.408. The summed E-state index contributed by atoms with van der Waals surface area (Å²) >= 11 is 0. The first-order valence-electron chi connectivity index (χ1n) is 11.5. The van der Waals surface area contributed by atoms with Crippen molar-refractivity contribution in [2.24, 2.45) is 11.8 Å². The summed E-state index contributed by atoms with van der Waals surface area (Å²) in [6.07, 6.45) is 9.06. The Morgan fingerprint density at radius 1 is 1.09 bits per heavy atom. The van der Waals surface area contributed by atoms with E-state index in [1.54, 1.807) is 12.1 Å². The van der Waals surface area contributed by atoms with Gasteiger partial charge < -0.3 is 15.5 Å². The van der Waals surface area contributed by atoms with Crippen molar-refractivity contribution < 1.29 is 24.2 Å².